The van der Waals surface area contributed by atoms with Crippen LogP contribution < -0.4 is 0 Å². The first-order valence-corrected chi connectivity index (χ1v) is 12.1. The van der Waals surface area contributed by atoms with E-state index in [1.54, 1.807) is 0 Å². The molecular formula is C14H6Br8. The summed E-state index contributed by atoms with van der Waals surface area (Å²) < 4.78 is 2.62. The van der Waals surface area contributed by atoms with Crippen molar-refractivity contribution in [1.82, 2.24) is 0 Å². The summed E-state index contributed by atoms with van der Waals surface area (Å²) in [4.78, 5) is 0. The quantitative estimate of drug-likeness (QED) is 0.161. The maximum Gasteiger partial charge on any atom is 0.158 e. The molecule has 0 aliphatic rings. The second-order valence-corrected chi connectivity index (χ2v) is 15.6. The summed E-state index contributed by atoms with van der Waals surface area (Å²) in [5.41, 5.74) is 2.12. The Morgan fingerprint density at radius 2 is 1.23 bits per heavy atom. The third kappa shape index (κ3) is 3.84. The highest BCUT2D eigenvalue weighted by Gasteiger charge is 2.49. The van der Waals surface area contributed by atoms with E-state index in [-0.39, 0.29) is 0 Å². The summed E-state index contributed by atoms with van der Waals surface area (Å²) in [6.07, 6.45) is 0. The van der Waals surface area contributed by atoms with Gasteiger partial charge < -0.3 is 0 Å². The summed E-state index contributed by atoms with van der Waals surface area (Å²) in [5, 5.41) is 0. The van der Waals surface area contributed by atoms with Gasteiger partial charge in [0.25, 0.3) is 0 Å². The third-order valence-corrected chi connectivity index (χ3v) is 12.6. The Morgan fingerprint density at radius 1 is 0.682 bits per heavy atom. The van der Waals surface area contributed by atoms with Crippen LogP contribution >= 0.6 is 127 Å². The first kappa shape index (κ1) is 20.6. The standard InChI is InChI=1S/C14H6Br8/c15-9-6-8(10(16)12(18)11(9)17)13(19,14(20,21)22)7-4-2-1-3-5-7/h1-6H. The smallest absolute Gasteiger partial charge is 0.0713 e. The van der Waals surface area contributed by atoms with E-state index in [0.717, 1.165) is 29.0 Å². The molecular weight excluding hydrogens is 807 g/mol. The van der Waals surface area contributed by atoms with Crippen molar-refractivity contribution in [2.75, 3.05) is 0 Å². The lowest BCUT2D eigenvalue weighted by Crippen LogP contribution is -2.34. The van der Waals surface area contributed by atoms with Gasteiger partial charge in [-0.2, -0.15) is 0 Å². The average Bonchev–Trinajstić information content (AvgIpc) is 2.47. The summed E-state index contributed by atoms with van der Waals surface area (Å²) in [6.45, 7) is 0. The van der Waals surface area contributed by atoms with Crippen LogP contribution in [0.5, 0.6) is 0 Å². The lowest BCUT2D eigenvalue weighted by molar-refractivity contribution is 0.824. The molecule has 0 N–H and O–H groups in total. The first-order valence-electron chi connectivity index (χ1n) is 5.75. The van der Waals surface area contributed by atoms with E-state index in [1.807, 2.05) is 18.2 Å². The lowest BCUT2D eigenvalue weighted by atomic mass is 9.93. The monoisotopic (exact) mass is 805 g/mol. The van der Waals surface area contributed by atoms with E-state index < -0.39 is 6.47 Å². The van der Waals surface area contributed by atoms with E-state index in [1.165, 1.54) is 0 Å². The molecule has 0 amide bonds. The van der Waals surface area contributed by atoms with Crippen LogP contribution in [0.1, 0.15) is 11.1 Å². The van der Waals surface area contributed by atoms with Crippen molar-refractivity contribution in [2.24, 2.45) is 0 Å². The minimum atomic E-state index is -0.601. The molecule has 2 rings (SSSR count). The molecule has 0 nitrogen and oxygen atoms in total. The fraction of sp³-hybridized carbons (Fsp3) is 0.143. The summed E-state index contributed by atoms with van der Waals surface area (Å²) in [7, 11) is 0. The van der Waals surface area contributed by atoms with Crippen LogP contribution in [0.25, 0.3) is 0 Å². The van der Waals surface area contributed by atoms with Gasteiger partial charge in [-0.15, -0.1) is 0 Å². The highest BCUT2D eigenvalue weighted by Crippen LogP contribution is 2.61. The van der Waals surface area contributed by atoms with E-state index in [9.17, 15) is 0 Å². The van der Waals surface area contributed by atoms with Crippen LogP contribution in [0.3, 0.4) is 0 Å². The van der Waals surface area contributed by atoms with Crippen molar-refractivity contribution in [1.29, 1.82) is 0 Å². The van der Waals surface area contributed by atoms with Crippen molar-refractivity contribution in [2.45, 2.75) is 6.47 Å². The minimum absolute atomic E-state index is 0.578. The normalized spacial score (nSPS) is 14.7. The molecule has 1 atom stereocenters. The molecule has 118 valence electrons. The van der Waals surface area contributed by atoms with Crippen LogP contribution in [-0.2, 0) is 4.32 Å². The van der Waals surface area contributed by atoms with Gasteiger partial charge in [-0.05, 0) is 80.9 Å². The lowest BCUT2D eigenvalue weighted by Gasteiger charge is -2.37. The molecule has 0 aromatic heterocycles. The zero-order valence-electron chi connectivity index (χ0n) is 10.5. The summed E-state index contributed by atoms with van der Waals surface area (Å²) in [6, 6.07) is 12.2. The molecule has 0 aliphatic carbocycles. The van der Waals surface area contributed by atoms with Crippen molar-refractivity contribution in [3.63, 3.8) is 0 Å². The Labute approximate surface area is 196 Å². The van der Waals surface area contributed by atoms with E-state index in [2.05, 4.69) is 146 Å². The Bertz CT molecular complexity index is 692. The molecule has 0 radical (unpaired) electrons. The third-order valence-electron chi connectivity index (χ3n) is 3.04. The molecule has 2 aromatic carbocycles. The Morgan fingerprint density at radius 3 is 1.73 bits per heavy atom. The molecule has 0 saturated carbocycles. The maximum atomic E-state index is 3.94. The van der Waals surface area contributed by atoms with Gasteiger partial charge in [0, 0.05) is 17.9 Å². The van der Waals surface area contributed by atoms with Gasteiger partial charge in [0.1, 0.15) is 4.32 Å². The molecule has 1 unspecified atom stereocenters. The summed E-state index contributed by atoms with van der Waals surface area (Å²) >= 11 is 29.5. The minimum Gasteiger partial charge on any atom is -0.0713 e. The van der Waals surface area contributed by atoms with Crippen LogP contribution in [-0.4, -0.2) is 2.14 Å². The van der Waals surface area contributed by atoms with Gasteiger partial charge in [0.2, 0.25) is 0 Å². The number of benzene rings is 2. The van der Waals surface area contributed by atoms with Crippen molar-refractivity contribution in [3.05, 3.63) is 65.4 Å². The summed E-state index contributed by atoms with van der Waals surface area (Å²) in [5.74, 6) is 0. The largest absolute Gasteiger partial charge is 0.158 e. The van der Waals surface area contributed by atoms with Crippen molar-refractivity contribution in [3.8, 4) is 0 Å². The molecule has 0 fully saturated rings. The average molecular weight is 813 g/mol. The zero-order chi connectivity index (χ0) is 16.7. The van der Waals surface area contributed by atoms with E-state index in [0.29, 0.717) is 0 Å². The van der Waals surface area contributed by atoms with Crippen LogP contribution in [0.15, 0.2) is 54.3 Å². The van der Waals surface area contributed by atoms with E-state index >= 15 is 0 Å². The Kier molecular flexibility index (Phi) is 7.38. The van der Waals surface area contributed by atoms with Crippen LogP contribution in [0.4, 0.5) is 0 Å². The fourth-order valence-corrected chi connectivity index (χ4v) is 6.44. The predicted octanol–water partition coefficient (Wildman–Crippen LogP) is 9.21. The molecule has 0 spiro atoms. The molecule has 0 bridgehead atoms. The highest BCUT2D eigenvalue weighted by molar-refractivity contribution is 9.40. The topological polar surface area (TPSA) is 0 Å². The van der Waals surface area contributed by atoms with Gasteiger partial charge in [0.05, 0.1) is 0 Å². The number of halogens is 8. The SMILES string of the molecule is Brc1cc(C(Br)(c2ccccc2)C(Br)(Br)Br)c(Br)c(Br)c1Br. The van der Waals surface area contributed by atoms with Gasteiger partial charge in [-0.3, -0.25) is 0 Å². The Hall–Kier alpha value is 2.28. The second-order valence-electron chi connectivity index (χ2n) is 4.37. The fourth-order valence-electron chi connectivity index (χ4n) is 1.96. The molecule has 0 aliphatic heterocycles. The molecule has 0 heterocycles. The molecule has 22 heavy (non-hydrogen) atoms. The first-order chi connectivity index (χ1) is 10.1. The van der Waals surface area contributed by atoms with Gasteiger partial charge >= 0.3 is 0 Å². The van der Waals surface area contributed by atoms with E-state index in [4.69, 9.17) is 0 Å². The van der Waals surface area contributed by atoms with Gasteiger partial charge in [0.15, 0.2) is 2.14 Å². The molecule has 8 heteroatoms. The van der Waals surface area contributed by atoms with Crippen molar-refractivity contribution < 1.29 is 0 Å². The van der Waals surface area contributed by atoms with Gasteiger partial charge in [-0.1, -0.05) is 94.1 Å². The van der Waals surface area contributed by atoms with Crippen molar-refractivity contribution >= 4 is 127 Å². The maximum absolute atomic E-state index is 3.94. The molecule has 0 saturated heterocycles. The zero-order valence-corrected chi connectivity index (χ0v) is 23.2. The number of alkyl halides is 4. The predicted molar refractivity (Wildman–Crippen MR) is 123 cm³/mol. The second kappa shape index (κ2) is 7.89. The molecule has 2 aromatic rings. The number of hydrogen-bond acceptors (Lipinski definition) is 0. The Balaban J connectivity index is 2.84. The number of hydrogen-bond donors (Lipinski definition) is 0. The number of rotatable bonds is 2. The van der Waals surface area contributed by atoms with Crippen LogP contribution in [0, 0.1) is 0 Å². The highest BCUT2D eigenvalue weighted by atomic mass is 80.0. The van der Waals surface area contributed by atoms with Gasteiger partial charge in [-0.25, -0.2) is 0 Å². The van der Waals surface area contributed by atoms with Crippen LogP contribution in [0.2, 0.25) is 0 Å².